The summed E-state index contributed by atoms with van der Waals surface area (Å²) in [6, 6.07) is 2.19. The maximum Gasteiger partial charge on any atom is 0.0794 e. The molecule has 2 heterocycles. The van der Waals surface area contributed by atoms with Crippen molar-refractivity contribution >= 4 is 22.9 Å². The zero-order valence-corrected chi connectivity index (χ0v) is 11.1. The number of halogens is 1. The van der Waals surface area contributed by atoms with Gasteiger partial charge in [-0.1, -0.05) is 18.5 Å². The highest BCUT2D eigenvalue weighted by molar-refractivity contribution is 7.09. The molecule has 17 heavy (non-hydrogen) atoms. The fraction of sp³-hybridized carbons (Fsp3) is 0.333. The minimum atomic E-state index is 0.218. The van der Waals surface area contributed by atoms with E-state index >= 15 is 0 Å². The average Bonchev–Trinajstić information content (AvgIpc) is 2.82. The zero-order chi connectivity index (χ0) is 12.1. The second-order valence-electron chi connectivity index (χ2n) is 3.68. The van der Waals surface area contributed by atoms with Gasteiger partial charge in [0.15, 0.2) is 0 Å². The summed E-state index contributed by atoms with van der Waals surface area (Å²) in [5.41, 5.74) is 2.95. The monoisotopic (exact) mass is 267 g/mol. The fourth-order valence-corrected chi connectivity index (χ4v) is 2.64. The summed E-state index contributed by atoms with van der Waals surface area (Å²) < 4.78 is 0. The molecule has 1 N–H and O–H groups in total. The molecule has 5 heteroatoms. The van der Waals surface area contributed by atoms with E-state index in [2.05, 4.69) is 22.2 Å². The van der Waals surface area contributed by atoms with Gasteiger partial charge in [-0.2, -0.15) is 0 Å². The van der Waals surface area contributed by atoms with Crippen LogP contribution in [0.25, 0.3) is 0 Å². The van der Waals surface area contributed by atoms with E-state index in [-0.39, 0.29) is 6.04 Å². The molecular weight excluding hydrogens is 254 g/mol. The Morgan fingerprint density at radius 1 is 1.41 bits per heavy atom. The lowest BCUT2D eigenvalue weighted by Crippen LogP contribution is -2.23. The fourth-order valence-electron chi connectivity index (χ4n) is 1.75. The molecule has 0 fully saturated rings. The molecule has 0 spiro atoms. The molecule has 2 aromatic rings. The van der Waals surface area contributed by atoms with Gasteiger partial charge in [-0.05, 0) is 18.2 Å². The van der Waals surface area contributed by atoms with E-state index in [0.717, 1.165) is 18.5 Å². The Bertz CT molecular complexity index is 459. The molecule has 1 atom stereocenters. The molecule has 0 amide bonds. The third kappa shape index (κ3) is 3.25. The molecule has 2 aromatic heterocycles. The van der Waals surface area contributed by atoms with Crippen LogP contribution in [-0.2, 0) is 6.42 Å². The smallest absolute Gasteiger partial charge is 0.0794 e. The van der Waals surface area contributed by atoms with E-state index in [1.165, 1.54) is 4.88 Å². The van der Waals surface area contributed by atoms with Crippen molar-refractivity contribution in [2.24, 2.45) is 0 Å². The van der Waals surface area contributed by atoms with Crippen molar-refractivity contribution in [3.05, 3.63) is 45.6 Å². The van der Waals surface area contributed by atoms with Crippen LogP contribution in [0.5, 0.6) is 0 Å². The minimum absolute atomic E-state index is 0.218. The molecule has 0 radical (unpaired) electrons. The molecular formula is C12H14ClN3S. The number of hydrogen-bond acceptors (Lipinski definition) is 4. The van der Waals surface area contributed by atoms with E-state index in [1.54, 1.807) is 23.7 Å². The molecule has 0 aliphatic rings. The van der Waals surface area contributed by atoms with E-state index in [4.69, 9.17) is 11.6 Å². The molecule has 3 nitrogen and oxygen atoms in total. The molecule has 0 aliphatic heterocycles. The van der Waals surface area contributed by atoms with Crippen LogP contribution < -0.4 is 5.32 Å². The lowest BCUT2D eigenvalue weighted by molar-refractivity contribution is 0.552. The van der Waals surface area contributed by atoms with E-state index < -0.39 is 0 Å². The first-order valence-electron chi connectivity index (χ1n) is 5.51. The third-order valence-electron chi connectivity index (χ3n) is 2.52. The summed E-state index contributed by atoms with van der Waals surface area (Å²) in [7, 11) is 0. The van der Waals surface area contributed by atoms with Crippen LogP contribution in [0, 0.1) is 0 Å². The molecule has 0 bridgehead atoms. The van der Waals surface area contributed by atoms with Crippen LogP contribution >= 0.6 is 22.9 Å². The van der Waals surface area contributed by atoms with Gasteiger partial charge in [-0.3, -0.25) is 9.97 Å². The Morgan fingerprint density at radius 3 is 2.94 bits per heavy atom. The summed E-state index contributed by atoms with van der Waals surface area (Å²) in [5.74, 6) is 0. The van der Waals surface area contributed by atoms with Gasteiger partial charge in [0.25, 0.3) is 0 Å². The average molecular weight is 268 g/mol. The van der Waals surface area contributed by atoms with Gasteiger partial charge in [0.2, 0.25) is 0 Å². The van der Waals surface area contributed by atoms with Crippen LogP contribution in [0.15, 0.2) is 30.2 Å². The number of aromatic nitrogens is 2. The van der Waals surface area contributed by atoms with Gasteiger partial charge in [0.1, 0.15) is 0 Å². The van der Waals surface area contributed by atoms with Crippen molar-refractivity contribution < 1.29 is 0 Å². The maximum absolute atomic E-state index is 6.18. The number of nitrogens with zero attached hydrogens (tertiary/aromatic N) is 2. The van der Waals surface area contributed by atoms with Crippen LogP contribution in [0.1, 0.15) is 23.4 Å². The van der Waals surface area contributed by atoms with Gasteiger partial charge in [-0.25, -0.2) is 0 Å². The van der Waals surface area contributed by atoms with E-state index in [1.807, 2.05) is 17.8 Å². The van der Waals surface area contributed by atoms with Crippen LogP contribution in [0.4, 0.5) is 0 Å². The van der Waals surface area contributed by atoms with Gasteiger partial charge < -0.3 is 5.32 Å². The normalized spacial score (nSPS) is 12.6. The Morgan fingerprint density at radius 2 is 2.29 bits per heavy atom. The predicted octanol–water partition coefficient (Wildman–Crippen LogP) is 3.08. The summed E-state index contributed by atoms with van der Waals surface area (Å²) in [6.45, 7) is 3.00. The first-order chi connectivity index (χ1) is 8.31. The van der Waals surface area contributed by atoms with Crippen molar-refractivity contribution in [1.29, 1.82) is 0 Å². The number of pyridine rings is 1. The zero-order valence-electron chi connectivity index (χ0n) is 9.56. The van der Waals surface area contributed by atoms with Crippen molar-refractivity contribution in [3.63, 3.8) is 0 Å². The van der Waals surface area contributed by atoms with Crippen molar-refractivity contribution in [3.8, 4) is 0 Å². The molecule has 1 unspecified atom stereocenters. The highest BCUT2D eigenvalue weighted by atomic mass is 35.5. The molecule has 0 aliphatic carbocycles. The standard InChI is InChI=1S/C12H14ClN3S/c1-2-16-12(5-9-6-15-8-17-9)10-3-4-14-7-11(10)13/h3-4,6-8,12,16H,2,5H2,1H3. The highest BCUT2D eigenvalue weighted by Crippen LogP contribution is 2.25. The summed E-state index contributed by atoms with van der Waals surface area (Å²) in [6.07, 6.45) is 6.28. The van der Waals surface area contributed by atoms with Crippen LogP contribution in [0.2, 0.25) is 5.02 Å². The summed E-state index contributed by atoms with van der Waals surface area (Å²) in [4.78, 5) is 9.37. The number of rotatable bonds is 5. The van der Waals surface area contributed by atoms with Crippen LogP contribution in [-0.4, -0.2) is 16.5 Å². The van der Waals surface area contributed by atoms with E-state index in [9.17, 15) is 0 Å². The number of nitrogens with one attached hydrogen (secondary N) is 1. The van der Waals surface area contributed by atoms with Crippen molar-refractivity contribution in [2.75, 3.05) is 6.54 Å². The first kappa shape index (κ1) is 12.5. The third-order valence-corrected chi connectivity index (χ3v) is 3.64. The maximum atomic E-state index is 6.18. The van der Waals surface area contributed by atoms with Crippen LogP contribution in [0.3, 0.4) is 0 Å². The van der Waals surface area contributed by atoms with Gasteiger partial charge in [0, 0.05) is 35.9 Å². The second kappa shape index (κ2) is 6.10. The molecule has 2 rings (SSSR count). The summed E-state index contributed by atoms with van der Waals surface area (Å²) in [5, 5.41) is 4.16. The quantitative estimate of drug-likeness (QED) is 0.905. The largest absolute Gasteiger partial charge is 0.310 e. The Labute approximate surface area is 110 Å². The molecule has 0 saturated carbocycles. The highest BCUT2D eigenvalue weighted by Gasteiger charge is 2.14. The Hall–Kier alpha value is -0.970. The first-order valence-corrected chi connectivity index (χ1v) is 6.77. The Balaban J connectivity index is 2.20. The second-order valence-corrected chi connectivity index (χ2v) is 5.06. The van der Waals surface area contributed by atoms with Crippen molar-refractivity contribution in [1.82, 2.24) is 15.3 Å². The molecule has 0 saturated heterocycles. The van der Waals surface area contributed by atoms with E-state index in [0.29, 0.717) is 5.02 Å². The topological polar surface area (TPSA) is 37.8 Å². The number of thiazole rings is 1. The SMILES string of the molecule is CCNC(Cc1cncs1)c1ccncc1Cl. The molecule has 0 aromatic carbocycles. The van der Waals surface area contributed by atoms with Gasteiger partial charge >= 0.3 is 0 Å². The molecule has 90 valence electrons. The Kier molecular flexibility index (Phi) is 4.48. The number of hydrogen-bond donors (Lipinski definition) is 1. The predicted molar refractivity (Wildman–Crippen MR) is 71.5 cm³/mol. The summed E-state index contributed by atoms with van der Waals surface area (Å²) >= 11 is 7.85. The van der Waals surface area contributed by atoms with Crippen molar-refractivity contribution in [2.45, 2.75) is 19.4 Å². The van der Waals surface area contributed by atoms with Gasteiger partial charge in [-0.15, -0.1) is 11.3 Å². The lowest BCUT2D eigenvalue weighted by atomic mass is 10.0. The number of likely N-dealkylation sites (N-methyl/N-ethyl adjacent to an activating group) is 1. The van der Waals surface area contributed by atoms with Gasteiger partial charge in [0.05, 0.1) is 10.5 Å². The lowest BCUT2D eigenvalue weighted by Gasteiger charge is -2.18. The minimum Gasteiger partial charge on any atom is -0.310 e.